The van der Waals surface area contributed by atoms with Crippen LogP contribution in [0.1, 0.15) is 27.2 Å². The highest BCUT2D eigenvalue weighted by molar-refractivity contribution is 5.76. The lowest BCUT2D eigenvalue weighted by molar-refractivity contribution is -0.424. The number of nitrogens with two attached hydrogens (primary N) is 1. The molecule has 0 aromatic rings. The summed E-state index contributed by atoms with van der Waals surface area (Å²) in [4.78, 5) is 12.6. The van der Waals surface area contributed by atoms with Crippen LogP contribution in [-0.2, 0) is 42.7 Å². The van der Waals surface area contributed by atoms with E-state index < -0.39 is 149 Å². The summed E-state index contributed by atoms with van der Waals surface area (Å²) in [6.07, 6.45) is -26.6. The molecule has 0 radical (unpaired) electrons. The van der Waals surface area contributed by atoms with Gasteiger partial charge in [0, 0.05) is 19.4 Å². The van der Waals surface area contributed by atoms with Crippen LogP contribution in [0.4, 0.5) is 0 Å². The molecule has 0 spiro atoms. The van der Waals surface area contributed by atoms with Crippen molar-refractivity contribution in [3.05, 3.63) is 0 Å². The molecule has 22 heteroatoms. The predicted molar refractivity (Wildman–Crippen MR) is 162 cm³/mol. The molecule has 0 saturated carbocycles. The van der Waals surface area contributed by atoms with Gasteiger partial charge in [-0.2, -0.15) is 0 Å². The number of aliphatic hydroxyl groups excluding tert-OH is 10. The molecule has 0 aliphatic carbocycles. The van der Waals surface area contributed by atoms with E-state index >= 15 is 0 Å². The van der Waals surface area contributed by atoms with Crippen LogP contribution >= 0.6 is 0 Å². The van der Waals surface area contributed by atoms with Gasteiger partial charge in [-0.3, -0.25) is 0 Å². The number of carbonyl (C=O) groups is 1. The van der Waals surface area contributed by atoms with Crippen LogP contribution in [0.5, 0.6) is 0 Å². The molecule has 3 aliphatic heterocycles. The van der Waals surface area contributed by atoms with Gasteiger partial charge in [0.25, 0.3) is 5.79 Å². The summed E-state index contributed by atoms with van der Waals surface area (Å²) in [6.45, 7) is 1.23. The maximum Gasteiger partial charge on any atom is 0.364 e. The van der Waals surface area contributed by atoms with E-state index in [1.165, 1.54) is 14.0 Å². The Kier molecular flexibility index (Phi) is 15.8. The second-order valence-corrected chi connectivity index (χ2v) is 13.1. The standard InChI is InChI=1S/C29H53NO21/c1-10(2)24(44-4)47-13(6-31)15(9-45-25-20(39)19(38)17(36)11(3)46-25)49-26-21(40)22(18(37)14(7-32)48-26)50-28(27(41)42)5-12(34)23(30)29(43,51-28)16(35)8-33/h10-26,31-40,43H,5-9,30H2,1-4H3,(H,41,42)/t11?,12-,13?,14+,15+,16-,17-,18+,19?,20+,21?,22?,23-,24-,25-,26+,28-,29-/m1/s1. The van der Waals surface area contributed by atoms with Gasteiger partial charge in [-0.05, 0) is 6.92 Å². The molecule has 0 amide bonds. The first-order chi connectivity index (χ1) is 23.8. The lowest BCUT2D eigenvalue weighted by atomic mass is 9.87. The van der Waals surface area contributed by atoms with Crippen LogP contribution in [0.2, 0.25) is 0 Å². The summed E-state index contributed by atoms with van der Waals surface area (Å²) in [6, 6.07) is -1.88. The third-order valence-corrected chi connectivity index (χ3v) is 9.05. The number of aliphatic carboxylic acids is 1. The second kappa shape index (κ2) is 18.3. The van der Waals surface area contributed by atoms with Crippen LogP contribution in [0.15, 0.2) is 0 Å². The zero-order chi connectivity index (χ0) is 38.6. The van der Waals surface area contributed by atoms with Gasteiger partial charge in [0.1, 0.15) is 61.0 Å². The van der Waals surface area contributed by atoms with E-state index in [1.807, 2.05) is 0 Å². The number of hydrogen-bond acceptors (Lipinski definition) is 21. The quantitative estimate of drug-likeness (QED) is 0.0614. The molecule has 0 bridgehead atoms. The van der Waals surface area contributed by atoms with E-state index in [9.17, 15) is 66.1 Å². The first kappa shape index (κ1) is 44.1. The van der Waals surface area contributed by atoms with Gasteiger partial charge in [0.05, 0.1) is 44.7 Å². The van der Waals surface area contributed by atoms with Crippen molar-refractivity contribution in [3.63, 3.8) is 0 Å². The van der Waals surface area contributed by atoms with E-state index in [-0.39, 0.29) is 5.92 Å². The first-order valence-corrected chi connectivity index (χ1v) is 16.3. The summed E-state index contributed by atoms with van der Waals surface area (Å²) in [5.74, 6) is -8.61. The Bertz CT molecular complexity index is 1090. The van der Waals surface area contributed by atoms with Gasteiger partial charge in [0.2, 0.25) is 5.79 Å². The second-order valence-electron chi connectivity index (χ2n) is 13.1. The Balaban J connectivity index is 1.96. The van der Waals surface area contributed by atoms with Crippen LogP contribution in [0, 0.1) is 5.92 Å². The van der Waals surface area contributed by atoms with E-state index in [1.54, 1.807) is 13.8 Å². The highest BCUT2D eigenvalue weighted by atomic mass is 16.8. The Morgan fingerprint density at radius 1 is 0.922 bits per heavy atom. The topological polar surface area (TPSA) is 360 Å². The Morgan fingerprint density at radius 3 is 2.10 bits per heavy atom. The van der Waals surface area contributed by atoms with Gasteiger partial charge >= 0.3 is 5.97 Å². The first-order valence-electron chi connectivity index (χ1n) is 16.3. The summed E-state index contributed by atoms with van der Waals surface area (Å²) in [5.41, 5.74) is 5.76. The molecule has 18 atom stereocenters. The fourth-order valence-electron chi connectivity index (χ4n) is 5.90. The van der Waals surface area contributed by atoms with E-state index in [4.69, 9.17) is 43.6 Å². The van der Waals surface area contributed by atoms with Crippen molar-refractivity contribution in [1.29, 1.82) is 0 Å². The third kappa shape index (κ3) is 9.49. The van der Waals surface area contributed by atoms with Crippen molar-refractivity contribution in [2.24, 2.45) is 11.7 Å². The van der Waals surface area contributed by atoms with Crippen molar-refractivity contribution in [2.45, 2.75) is 137 Å². The fraction of sp³-hybridized carbons (Fsp3) is 0.966. The summed E-state index contributed by atoms with van der Waals surface area (Å²) in [5, 5.41) is 125. The minimum absolute atomic E-state index is 0.288. The molecule has 0 aromatic carbocycles. The van der Waals surface area contributed by atoms with Crippen LogP contribution in [-0.4, -0.2) is 211 Å². The average Bonchev–Trinajstić information content (AvgIpc) is 3.09. The number of aliphatic hydroxyl groups is 11. The summed E-state index contributed by atoms with van der Waals surface area (Å²) < 4.78 is 44.6. The molecular weight excluding hydrogens is 698 g/mol. The number of carboxylic acid groups (broad SMARTS) is 1. The molecule has 3 aliphatic rings. The Hall–Kier alpha value is -1.33. The highest BCUT2D eigenvalue weighted by Crippen LogP contribution is 2.40. The number of rotatable bonds is 17. The van der Waals surface area contributed by atoms with Crippen LogP contribution in [0.3, 0.4) is 0 Å². The molecule has 3 rings (SSSR count). The molecule has 5 unspecified atom stereocenters. The number of ether oxygens (including phenoxy) is 8. The molecule has 3 fully saturated rings. The maximum absolute atomic E-state index is 12.6. The monoisotopic (exact) mass is 751 g/mol. The molecule has 0 aromatic heterocycles. The predicted octanol–water partition coefficient (Wildman–Crippen LogP) is -7.02. The van der Waals surface area contributed by atoms with Crippen molar-refractivity contribution in [3.8, 4) is 0 Å². The van der Waals surface area contributed by atoms with E-state index in [0.717, 1.165) is 0 Å². The molecule has 300 valence electrons. The number of methoxy groups -OCH3 is 1. The average molecular weight is 752 g/mol. The van der Waals surface area contributed by atoms with Gasteiger partial charge in [-0.15, -0.1) is 0 Å². The molecule has 3 heterocycles. The highest BCUT2D eigenvalue weighted by Gasteiger charge is 2.63. The fourth-order valence-corrected chi connectivity index (χ4v) is 5.90. The zero-order valence-electron chi connectivity index (χ0n) is 28.5. The SMILES string of the molecule is CO[C@H](OC(CO)[C@H](CO[C@@H]1OC(C)[C@@H](O)C(O)[C@@H]1O)O[C@@H]1O[C@@H](CO)[C@H](O)C(O[C@]2(C(=O)O)C[C@@H](O)[C@@H](N)[C@@](O)([C@H](O)CO)O2)C1O)C(C)C. The van der Waals surface area contributed by atoms with Crippen LogP contribution < -0.4 is 5.73 Å². The van der Waals surface area contributed by atoms with Gasteiger partial charge in [-0.25, -0.2) is 4.79 Å². The zero-order valence-corrected chi connectivity index (χ0v) is 28.5. The Labute approximate surface area is 292 Å². The van der Waals surface area contributed by atoms with Gasteiger partial charge in [-0.1, -0.05) is 13.8 Å². The summed E-state index contributed by atoms with van der Waals surface area (Å²) in [7, 11) is 1.32. The summed E-state index contributed by atoms with van der Waals surface area (Å²) >= 11 is 0. The largest absolute Gasteiger partial charge is 0.477 e. The van der Waals surface area contributed by atoms with Crippen molar-refractivity contribution < 1.29 is 104 Å². The molecule has 22 nitrogen and oxygen atoms in total. The van der Waals surface area contributed by atoms with Crippen molar-refractivity contribution in [1.82, 2.24) is 0 Å². The lowest BCUT2D eigenvalue weighted by Gasteiger charge is -2.52. The van der Waals surface area contributed by atoms with E-state index in [2.05, 4.69) is 0 Å². The van der Waals surface area contributed by atoms with Crippen LogP contribution in [0.25, 0.3) is 0 Å². The minimum Gasteiger partial charge on any atom is -0.477 e. The van der Waals surface area contributed by atoms with Gasteiger partial charge in [0.15, 0.2) is 18.9 Å². The third-order valence-electron chi connectivity index (χ3n) is 9.05. The normalized spacial score (nSPS) is 43.1. The molecular formula is C29H53NO21. The van der Waals surface area contributed by atoms with Gasteiger partial charge < -0.3 is 105 Å². The van der Waals surface area contributed by atoms with Crippen molar-refractivity contribution >= 4 is 5.97 Å². The number of carboxylic acids is 1. The smallest absolute Gasteiger partial charge is 0.364 e. The maximum atomic E-state index is 12.6. The van der Waals surface area contributed by atoms with Crippen molar-refractivity contribution in [2.75, 3.05) is 33.5 Å². The molecule has 14 N–H and O–H groups in total. The number of hydrogen-bond donors (Lipinski definition) is 13. The minimum atomic E-state index is -3.16. The Morgan fingerprint density at radius 2 is 1.57 bits per heavy atom. The van der Waals surface area contributed by atoms with E-state index in [0.29, 0.717) is 0 Å². The lowest BCUT2D eigenvalue weighted by Crippen LogP contribution is -2.74. The molecule has 3 saturated heterocycles. The molecule has 51 heavy (non-hydrogen) atoms.